The highest BCUT2D eigenvalue weighted by Gasteiger charge is 2.34. The molecule has 1 N–H and O–H groups in total. The average Bonchev–Trinajstić information content (AvgIpc) is 3.00. The molecule has 1 aliphatic rings. The van der Waals surface area contributed by atoms with E-state index in [4.69, 9.17) is 0 Å². The van der Waals surface area contributed by atoms with E-state index >= 15 is 0 Å². The number of guanidine groups is 1. The highest BCUT2D eigenvalue weighted by molar-refractivity contribution is 9.10. The van der Waals surface area contributed by atoms with Crippen LogP contribution in [0.3, 0.4) is 0 Å². The Hall–Kier alpha value is -1.22. The molecule has 24 heavy (non-hydrogen) atoms. The van der Waals surface area contributed by atoms with E-state index in [-0.39, 0.29) is 6.04 Å². The number of hydrogen-bond donors (Lipinski definition) is 1. The fourth-order valence-electron chi connectivity index (χ4n) is 2.92. The van der Waals surface area contributed by atoms with Gasteiger partial charge in [-0.1, -0.05) is 0 Å². The van der Waals surface area contributed by atoms with Gasteiger partial charge in [0.05, 0.1) is 13.1 Å². The van der Waals surface area contributed by atoms with Gasteiger partial charge >= 0.3 is 6.18 Å². The van der Waals surface area contributed by atoms with Crippen molar-refractivity contribution in [1.29, 1.82) is 0 Å². The number of aromatic nitrogens is 1. The van der Waals surface area contributed by atoms with Crippen LogP contribution in [0, 0.1) is 0 Å². The third-order valence-corrected chi connectivity index (χ3v) is 4.49. The van der Waals surface area contributed by atoms with Crippen LogP contribution in [-0.4, -0.2) is 66.3 Å². The molecule has 1 aliphatic heterocycles. The number of alkyl halides is 3. The SMILES string of the molecule is CN=C(NC1CCN(CC(F)(F)F)C1)N(C)Cc1cc(Br)cn1C. The smallest absolute Gasteiger partial charge is 0.352 e. The molecule has 0 aliphatic carbocycles. The molecule has 1 aromatic rings. The number of rotatable bonds is 4. The van der Waals surface area contributed by atoms with Crippen LogP contribution in [0.15, 0.2) is 21.7 Å². The second-order valence-corrected chi connectivity index (χ2v) is 7.06. The minimum absolute atomic E-state index is 0.0198. The Morgan fingerprint density at radius 2 is 2.21 bits per heavy atom. The van der Waals surface area contributed by atoms with Crippen LogP contribution in [-0.2, 0) is 13.6 Å². The number of likely N-dealkylation sites (tertiary alicyclic amines) is 1. The van der Waals surface area contributed by atoms with Gasteiger partial charge in [-0.2, -0.15) is 13.2 Å². The van der Waals surface area contributed by atoms with E-state index in [1.807, 2.05) is 35.8 Å². The molecule has 0 aromatic carbocycles. The summed E-state index contributed by atoms with van der Waals surface area (Å²) >= 11 is 3.45. The molecule has 9 heteroatoms. The van der Waals surface area contributed by atoms with E-state index in [2.05, 4.69) is 26.2 Å². The summed E-state index contributed by atoms with van der Waals surface area (Å²) in [4.78, 5) is 7.65. The van der Waals surface area contributed by atoms with Crippen molar-refractivity contribution in [1.82, 2.24) is 19.7 Å². The lowest BCUT2D eigenvalue weighted by Crippen LogP contribution is -2.45. The van der Waals surface area contributed by atoms with Gasteiger partial charge in [-0.3, -0.25) is 9.89 Å². The highest BCUT2D eigenvalue weighted by Crippen LogP contribution is 2.20. The largest absolute Gasteiger partial charge is 0.401 e. The van der Waals surface area contributed by atoms with Crippen LogP contribution < -0.4 is 5.32 Å². The maximum atomic E-state index is 12.5. The highest BCUT2D eigenvalue weighted by atomic mass is 79.9. The first-order valence-corrected chi connectivity index (χ1v) is 8.51. The van der Waals surface area contributed by atoms with Gasteiger partial charge in [0.25, 0.3) is 0 Å². The van der Waals surface area contributed by atoms with Crippen LogP contribution >= 0.6 is 15.9 Å². The van der Waals surface area contributed by atoms with Crippen LogP contribution in [0.5, 0.6) is 0 Å². The van der Waals surface area contributed by atoms with Gasteiger partial charge in [-0.05, 0) is 28.4 Å². The minimum Gasteiger partial charge on any atom is -0.352 e. The lowest BCUT2D eigenvalue weighted by Gasteiger charge is -2.25. The maximum absolute atomic E-state index is 12.5. The van der Waals surface area contributed by atoms with Gasteiger partial charge in [-0.15, -0.1) is 0 Å². The lowest BCUT2D eigenvalue weighted by atomic mass is 10.2. The molecule has 1 fully saturated rings. The maximum Gasteiger partial charge on any atom is 0.401 e. The van der Waals surface area contributed by atoms with Crippen molar-refractivity contribution in [2.45, 2.75) is 25.2 Å². The summed E-state index contributed by atoms with van der Waals surface area (Å²) in [6.07, 6.45) is -1.49. The fraction of sp³-hybridized carbons (Fsp3) is 0.667. The van der Waals surface area contributed by atoms with Crippen LogP contribution in [0.4, 0.5) is 13.2 Å². The first-order valence-electron chi connectivity index (χ1n) is 7.72. The molecule has 0 amide bonds. The quantitative estimate of drug-likeness (QED) is 0.612. The van der Waals surface area contributed by atoms with Crippen molar-refractivity contribution >= 4 is 21.9 Å². The summed E-state index contributed by atoms with van der Waals surface area (Å²) in [5.74, 6) is 0.686. The molecule has 2 heterocycles. The zero-order chi connectivity index (χ0) is 17.9. The summed E-state index contributed by atoms with van der Waals surface area (Å²) in [6.45, 7) is 0.627. The number of hydrogen-bond acceptors (Lipinski definition) is 2. The Morgan fingerprint density at radius 3 is 2.75 bits per heavy atom. The topological polar surface area (TPSA) is 35.8 Å². The third kappa shape index (κ3) is 5.41. The second-order valence-electron chi connectivity index (χ2n) is 6.14. The van der Waals surface area contributed by atoms with Gasteiger partial charge in [-0.25, -0.2) is 0 Å². The van der Waals surface area contributed by atoms with Crippen LogP contribution in [0.25, 0.3) is 0 Å². The molecular weight excluding hydrogens is 387 g/mol. The molecular formula is C15H23BrF3N5. The second kappa shape index (κ2) is 7.77. The molecule has 0 bridgehead atoms. The molecule has 1 aromatic heterocycles. The van der Waals surface area contributed by atoms with Crippen molar-refractivity contribution in [2.75, 3.05) is 33.7 Å². The zero-order valence-corrected chi connectivity index (χ0v) is 15.7. The van der Waals surface area contributed by atoms with Crippen molar-refractivity contribution in [2.24, 2.45) is 12.0 Å². The van der Waals surface area contributed by atoms with Gasteiger partial charge in [0.1, 0.15) is 0 Å². The monoisotopic (exact) mass is 409 g/mol. The fourth-order valence-corrected chi connectivity index (χ4v) is 3.49. The van der Waals surface area contributed by atoms with Gasteiger partial charge in [0.15, 0.2) is 5.96 Å². The van der Waals surface area contributed by atoms with Gasteiger partial charge < -0.3 is 14.8 Å². The molecule has 1 saturated heterocycles. The zero-order valence-electron chi connectivity index (χ0n) is 14.1. The normalized spacial score (nSPS) is 19.8. The van der Waals surface area contributed by atoms with Crippen LogP contribution in [0.2, 0.25) is 0 Å². The van der Waals surface area contributed by atoms with Gasteiger partial charge in [0, 0.05) is 56.6 Å². The summed E-state index contributed by atoms with van der Waals surface area (Å²) in [5, 5.41) is 3.27. The van der Waals surface area contributed by atoms with E-state index in [1.54, 1.807) is 7.05 Å². The minimum atomic E-state index is -4.15. The first kappa shape index (κ1) is 19.1. The van der Waals surface area contributed by atoms with Crippen molar-refractivity contribution in [3.05, 3.63) is 22.4 Å². The van der Waals surface area contributed by atoms with E-state index in [0.717, 1.165) is 10.2 Å². The summed E-state index contributed by atoms with van der Waals surface area (Å²) in [5.41, 5.74) is 1.11. The number of aliphatic imine (C=N–C) groups is 1. The van der Waals surface area contributed by atoms with Crippen molar-refractivity contribution in [3.63, 3.8) is 0 Å². The Labute approximate surface area is 148 Å². The molecule has 0 spiro atoms. The molecule has 1 atom stereocenters. The number of nitrogens with one attached hydrogen (secondary N) is 1. The molecule has 1 unspecified atom stereocenters. The molecule has 5 nitrogen and oxygen atoms in total. The van der Waals surface area contributed by atoms with E-state index in [1.165, 1.54) is 4.90 Å². The van der Waals surface area contributed by atoms with Crippen molar-refractivity contribution < 1.29 is 13.2 Å². The first-order chi connectivity index (χ1) is 11.2. The number of aryl methyl sites for hydroxylation is 1. The van der Waals surface area contributed by atoms with Crippen LogP contribution in [0.1, 0.15) is 12.1 Å². The summed E-state index contributed by atoms with van der Waals surface area (Å²) < 4.78 is 40.5. The Kier molecular flexibility index (Phi) is 6.19. The molecule has 136 valence electrons. The Morgan fingerprint density at radius 1 is 1.50 bits per heavy atom. The lowest BCUT2D eigenvalue weighted by molar-refractivity contribution is -0.143. The Bertz CT molecular complexity index is 584. The molecule has 0 radical (unpaired) electrons. The Balaban J connectivity index is 1.89. The van der Waals surface area contributed by atoms with E-state index < -0.39 is 12.7 Å². The predicted octanol–water partition coefficient (Wildman–Crippen LogP) is 2.43. The number of nitrogens with zero attached hydrogens (tertiary/aromatic N) is 4. The predicted molar refractivity (Wildman–Crippen MR) is 92.0 cm³/mol. The van der Waals surface area contributed by atoms with Gasteiger partial charge in [0.2, 0.25) is 0 Å². The number of halogens is 4. The average molecular weight is 410 g/mol. The van der Waals surface area contributed by atoms with Crippen molar-refractivity contribution in [3.8, 4) is 0 Å². The summed E-state index contributed by atoms with van der Waals surface area (Å²) in [6, 6.07) is 2.01. The summed E-state index contributed by atoms with van der Waals surface area (Å²) in [7, 11) is 5.57. The third-order valence-electron chi connectivity index (χ3n) is 4.06. The molecule has 2 rings (SSSR count). The standard InChI is InChI=1S/C15H23BrF3N5/c1-20-14(23(3)9-13-6-11(16)7-22(13)2)21-12-4-5-24(8-12)10-15(17,18)19/h6-7,12H,4-5,8-10H2,1-3H3,(H,20,21). The molecule has 0 saturated carbocycles. The van der Waals surface area contributed by atoms with E-state index in [0.29, 0.717) is 32.0 Å². The van der Waals surface area contributed by atoms with E-state index in [9.17, 15) is 13.2 Å².